The second kappa shape index (κ2) is 8.47. The molecule has 1 unspecified atom stereocenters. The topological polar surface area (TPSA) is 67.4 Å². The number of carbonyl (C=O) groups is 2. The first-order valence-corrected chi connectivity index (χ1v) is 8.33. The van der Waals surface area contributed by atoms with E-state index in [1.54, 1.807) is 26.8 Å². The lowest BCUT2D eigenvalue weighted by atomic mass is 10.1. The minimum atomic E-state index is -0.910. The fraction of sp³-hybridized carbons (Fsp3) is 0.300. The molecule has 2 N–H and O–H groups in total. The van der Waals surface area contributed by atoms with E-state index in [4.69, 9.17) is 4.74 Å². The van der Waals surface area contributed by atoms with Crippen molar-refractivity contribution in [2.45, 2.75) is 38.8 Å². The largest absolute Gasteiger partial charge is 0.444 e. The molecule has 5 nitrogen and oxygen atoms in total. The molecule has 0 radical (unpaired) electrons. The summed E-state index contributed by atoms with van der Waals surface area (Å²) >= 11 is 0. The molecule has 0 heterocycles. The number of anilines is 1. The zero-order valence-corrected chi connectivity index (χ0v) is 15.1. The van der Waals surface area contributed by atoms with Crippen LogP contribution in [-0.2, 0) is 16.0 Å². The van der Waals surface area contributed by atoms with Crippen LogP contribution in [0.2, 0.25) is 0 Å². The van der Waals surface area contributed by atoms with E-state index < -0.39 is 29.5 Å². The van der Waals surface area contributed by atoms with Gasteiger partial charge in [0.1, 0.15) is 17.5 Å². The summed E-state index contributed by atoms with van der Waals surface area (Å²) in [7, 11) is 0. The van der Waals surface area contributed by atoms with Crippen LogP contribution in [0.5, 0.6) is 0 Å². The molecule has 0 spiro atoms. The molecule has 0 aliphatic carbocycles. The Morgan fingerprint density at radius 3 is 2.27 bits per heavy atom. The van der Waals surface area contributed by atoms with Gasteiger partial charge in [-0.2, -0.15) is 0 Å². The van der Waals surface area contributed by atoms with E-state index in [0.29, 0.717) is 0 Å². The standard InChI is InChI=1S/C20H23FN2O3/c1-20(2,3)26-19(25)23-17(13-14-9-5-4-6-10-14)18(24)22-16-12-8-7-11-15(16)21/h4-12,17H,13H2,1-3H3,(H,22,24)(H,23,25). The van der Waals surface area contributed by atoms with E-state index in [-0.39, 0.29) is 12.1 Å². The molecule has 0 bridgehead atoms. The molecule has 138 valence electrons. The average Bonchev–Trinajstić information content (AvgIpc) is 2.55. The molecule has 0 saturated carbocycles. The Balaban J connectivity index is 2.14. The summed E-state index contributed by atoms with van der Waals surface area (Å²) in [5, 5.41) is 5.08. The number of carbonyl (C=O) groups excluding carboxylic acids is 2. The molecule has 2 aromatic carbocycles. The third kappa shape index (κ3) is 6.20. The summed E-state index contributed by atoms with van der Waals surface area (Å²) in [5.74, 6) is -1.07. The van der Waals surface area contributed by atoms with Crippen LogP contribution in [0.4, 0.5) is 14.9 Å². The number of hydrogen-bond donors (Lipinski definition) is 2. The van der Waals surface area contributed by atoms with Crippen molar-refractivity contribution in [2.24, 2.45) is 0 Å². The van der Waals surface area contributed by atoms with E-state index in [2.05, 4.69) is 10.6 Å². The summed E-state index contributed by atoms with van der Waals surface area (Å²) in [4.78, 5) is 24.7. The van der Waals surface area contributed by atoms with E-state index >= 15 is 0 Å². The summed E-state index contributed by atoms with van der Waals surface area (Å²) in [6, 6.07) is 14.2. The smallest absolute Gasteiger partial charge is 0.408 e. The predicted octanol–water partition coefficient (Wildman–Crippen LogP) is 3.90. The van der Waals surface area contributed by atoms with Crippen molar-refractivity contribution >= 4 is 17.7 Å². The molecule has 2 rings (SSSR count). The van der Waals surface area contributed by atoms with Gasteiger partial charge >= 0.3 is 6.09 Å². The second-order valence-corrected chi connectivity index (χ2v) is 6.86. The minimum absolute atomic E-state index is 0.0570. The van der Waals surface area contributed by atoms with Crippen LogP contribution < -0.4 is 10.6 Å². The second-order valence-electron chi connectivity index (χ2n) is 6.86. The molecular formula is C20H23FN2O3. The van der Waals surface area contributed by atoms with Crippen molar-refractivity contribution in [2.75, 3.05) is 5.32 Å². The fourth-order valence-corrected chi connectivity index (χ4v) is 2.29. The van der Waals surface area contributed by atoms with Gasteiger partial charge in [-0.15, -0.1) is 0 Å². The number of alkyl carbamates (subject to hydrolysis) is 1. The summed E-state index contributed by atoms with van der Waals surface area (Å²) in [6.45, 7) is 5.20. The maximum Gasteiger partial charge on any atom is 0.408 e. The molecule has 2 amide bonds. The van der Waals surface area contributed by atoms with Gasteiger partial charge in [0.25, 0.3) is 0 Å². The Kier molecular flexibility index (Phi) is 6.33. The lowest BCUT2D eigenvalue weighted by molar-refractivity contribution is -0.118. The highest BCUT2D eigenvalue weighted by Gasteiger charge is 2.25. The third-order valence-electron chi connectivity index (χ3n) is 3.42. The van der Waals surface area contributed by atoms with Gasteiger partial charge in [0.2, 0.25) is 5.91 Å². The van der Waals surface area contributed by atoms with Gasteiger partial charge < -0.3 is 15.4 Å². The Bertz CT molecular complexity index is 757. The molecule has 6 heteroatoms. The molecule has 1 atom stereocenters. The lowest BCUT2D eigenvalue weighted by Crippen LogP contribution is -2.47. The van der Waals surface area contributed by atoms with Crippen LogP contribution in [-0.4, -0.2) is 23.6 Å². The van der Waals surface area contributed by atoms with E-state index in [9.17, 15) is 14.0 Å². The number of nitrogens with one attached hydrogen (secondary N) is 2. The van der Waals surface area contributed by atoms with Gasteiger partial charge in [-0.3, -0.25) is 4.79 Å². The van der Waals surface area contributed by atoms with Crippen LogP contribution in [0.25, 0.3) is 0 Å². The zero-order chi connectivity index (χ0) is 19.2. The molecule has 0 fully saturated rings. The number of hydrogen-bond acceptors (Lipinski definition) is 3. The van der Waals surface area contributed by atoms with E-state index in [1.807, 2.05) is 30.3 Å². The van der Waals surface area contributed by atoms with Crippen molar-refractivity contribution in [1.82, 2.24) is 5.32 Å². The quantitative estimate of drug-likeness (QED) is 0.852. The van der Waals surface area contributed by atoms with Gasteiger partial charge in [-0.1, -0.05) is 42.5 Å². The Morgan fingerprint density at radius 1 is 1.04 bits per heavy atom. The lowest BCUT2D eigenvalue weighted by Gasteiger charge is -2.23. The van der Waals surface area contributed by atoms with Crippen molar-refractivity contribution < 1.29 is 18.7 Å². The highest BCUT2D eigenvalue weighted by Crippen LogP contribution is 2.14. The Morgan fingerprint density at radius 2 is 1.65 bits per heavy atom. The monoisotopic (exact) mass is 358 g/mol. The number of amides is 2. The van der Waals surface area contributed by atoms with Crippen LogP contribution in [0, 0.1) is 5.82 Å². The fourth-order valence-electron chi connectivity index (χ4n) is 2.29. The SMILES string of the molecule is CC(C)(C)OC(=O)NC(Cc1ccccc1)C(=O)Nc1ccccc1F. The summed E-state index contributed by atoms with van der Waals surface area (Å²) in [6.07, 6.45) is -0.456. The third-order valence-corrected chi connectivity index (χ3v) is 3.42. The van der Waals surface area contributed by atoms with Gasteiger partial charge in [0.15, 0.2) is 0 Å². The number of para-hydroxylation sites is 1. The molecule has 0 aliphatic heterocycles. The van der Waals surface area contributed by atoms with Crippen molar-refractivity contribution in [3.8, 4) is 0 Å². The van der Waals surface area contributed by atoms with Crippen LogP contribution in [0.3, 0.4) is 0 Å². The highest BCUT2D eigenvalue weighted by molar-refractivity contribution is 5.96. The normalized spacial score (nSPS) is 12.2. The molecular weight excluding hydrogens is 335 g/mol. The van der Waals surface area contributed by atoms with Crippen molar-refractivity contribution in [3.63, 3.8) is 0 Å². The zero-order valence-electron chi connectivity index (χ0n) is 15.1. The Labute approximate surface area is 152 Å². The maximum absolute atomic E-state index is 13.8. The molecule has 0 aromatic heterocycles. The van der Waals surface area contributed by atoms with Gasteiger partial charge in [-0.05, 0) is 38.5 Å². The van der Waals surface area contributed by atoms with Gasteiger partial charge in [-0.25, -0.2) is 9.18 Å². The number of rotatable bonds is 5. The summed E-state index contributed by atoms with van der Waals surface area (Å²) in [5.41, 5.74) is 0.224. The average molecular weight is 358 g/mol. The number of halogens is 1. The van der Waals surface area contributed by atoms with Crippen LogP contribution in [0.1, 0.15) is 26.3 Å². The first kappa shape index (κ1) is 19.4. The molecule has 2 aromatic rings. The van der Waals surface area contributed by atoms with Gasteiger partial charge in [0.05, 0.1) is 5.69 Å². The van der Waals surface area contributed by atoms with Gasteiger partial charge in [0, 0.05) is 6.42 Å². The number of ether oxygens (including phenoxy) is 1. The van der Waals surface area contributed by atoms with Crippen LogP contribution >= 0.6 is 0 Å². The predicted molar refractivity (Wildman–Crippen MR) is 98.3 cm³/mol. The maximum atomic E-state index is 13.8. The first-order valence-electron chi connectivity index (χ1n) is 8.33. The molecule has 0 aliphatic rings. The molecule has 0 saturated heterocycles. The van der Waals surface area contributed by atoms with E-state index in [1.165, 1.54) is 18.2 Å². The Hall–Kier alpha value is -2.89. The first-order chi connectivity index (χ1) is 12.2. The number of benzene rings is 2. The van der Waals surface area contributed by atoms with Crippen molar-refractivity contribution in [1.29, 1.82) is 0 Å². The highest BCUT2D eigenvalue weighted by atomic mass is 19.1. The summed E-state index contributed by atoms with van der Waals surface area (Å²) < 4.78 is 19.0. The van der Waals surface area contributed by atoms with E-state index in [0.717, 1.165) is 5.56 Å². The minimum Gasteiger partial charge on any atom is -0.444 e. The van der Waals surface area contributed by atoms with Crippen LogP contribution in [0.15, 0.2) is 54.6 Å². The van der Waals surface area contributed by atoms with Crippen molar-refractivity contribution in [3.05, 3.63) is 66.0 Å². The molecule has 26 heavy (non-hydrogen) atoms.